The monoisotopic (exact) mass is 393 g/mol. The van der Waals surface area contributed by atoms with Crippen LogP contribution in [0.2, 0.25) is 0 Å². The molecule has 0 amide bonds. The van der Waals surface area contributed by atoms with Crippen LogP contribution in [0.3, 0.4) is 0 Å². The number of para-hydroxylation sites is 2. The number of ether oxygens (including phenoxy) is 3. The van der Waals surface area contributed by atoms with Gasteiger partial charge in [-0.05, 0) is 29.8 Å². The quantitative estimate of drug-likeness (QED) is 0.360. The number of H-pyrrole nitrogens is 1. The number of nitrogens with zero attached hydrogens (tertiary/aromatic N) is 2. The number of esters is 1. The van der Waals surface area contributed by atoms with Crippen LogP contribution >= 0.6 is 0 Å². The maximum atomic E-state index is 12.1. The van der Waals surface area contributed by atoms with Crippen molar-refractivity contribution in [3.63, 3.8) is 0 Å². The fourth-order valence-electron chi connectivity index (χ4n) is 2.75. The van der Waals surface area contributed by atoms with E-state index in [-0.39, 0.29) is 23.6 Å². The van der Waals surface area contributed by atoms with Gasteiger partial charge in [-0.15, -0.1) is 0 Å². The van der Waals surface area contributed by atoms with Crippen molar-refractivity contribution in [2.75, 3.05) is 20.8 Å². The van der Waals surface area contributed by atoms with Gasteiger partial charge in [0, 0.05) is 0 Å². The second kappa shape index (κ2) is 8.80. The number of allylic oxidation sites excluding steroid dienone is 1. The Morgan fingerprint density at radius 1 is 1.17 bits per heavy atom. The number of fused-ring (bicyclic) bond motifs is 1. The molecule has 0 saturated carbocycles. The largest absolute Gasteiger partial charge is 0.507 e. The lowest BCUT2D eigenvalue weighted by Gasteiger charge is -2.10. The van der Waals surface area contributed by atoms with Crippen LogP contribution < -0.4 is 9.47 Å². The van der Waals surface area contributed by atoms with Crippen LogP contribution in [0, 0.1) is 11.3 Å². The molecule has 3 rings (SSSR count). The smallest absolute Gasteiger partial charge is 0.310 e. The number of nitrogens with one attached hydrogen (secondary N) is 1. The summed E-state index contributed by atoms with van der Waals surface area (Å²) >= 11 is 0. The molecule has 2 N–H and O–H groups in total. The lowest BCUT2D eigenvalue weighted by molar-refractivity contribution is -0.142. The van der Waals surface area contributed by atoms with Crippen molar-refractivity contribution in [1.82, 2.24) is 9.97 Å². The average molecular weight is 393 g/mol. The second-order valence-electron chi connectivity index (χ2n) is 6.06. The van der Waals surface area contributed by atoms with Gasteiger partial charge >= 0.3 is 5.97 Å². The molecule has 8 nitrogen and oxygen atoms in total. The highest BCUT2D eigenvalue weighted by atomic mass is 16.5. The molecule has 0 radical (unpaired) electrons. The maximum Gasteiger partial charge on any atom is 0.310 e. The number of hydrogen-bond acceptors (Lipinski definition) is 7. The van der Waals surface area contributed by atoms with E-state index in [2.05, 4.69) is 9.97 Å². The van der Waals surface area contributed by atoms with E-state index >= 15 is 0 Å². The molecule has 3 aromatic rings. The number of imidazole rings is 1. The number of methoxy groups -OCH3 is 2. The van der Waals surface area contributed by atoms with Gasteiger partial charge < -0.3 is 24.3 Å². The Hall–Kier alpha value is -3.99. The SMILES string of the molecule is COc1ccc(CC(=O)OCC(O)=C(C#N)c2nc3ccccc3[nH]2)cc1OC. The number of aromatic nitrogens is 2. The van der Waals surface area contributed by atoms with Crippen LogP contribution in [0.5, 0.6) is 11.5 Å². The first kappa shape index (κ1) is 19.8. The summed E-state index contributed by atoms with van der Waals surface area (Å²) in [7, 11) is 3.03. The van der Waals surface area contributed by atoms with Gasteiger partial charge in [0.2, 0.25) is 0 Å². The standard InChI is InChI=1S/C21H19N3O5/c1-27-18-8-7-13(9-19(18)28-2)10-20(26)29-12-17(25)14(11-22)21-23-15-5-3-4-6-16(15)24-21/h3-9,25H,10,12H2,1-2H3,(H,23,24). The third kappa shape index (κ3) is 4.47. The van der Waals surface area contributed by atoms with Gasteiger partial charge in [-0.25, -0.2) is 4.98 Å². The van der Waals surface area contributed by atoms with Gasteiger partial charge in [-0.2, -0.15) is 5.26 Å². The predicted molar refractivity (Wildman–Crippen MR) is 105 cm³/mol. The van der Waals surface area contributed by atoms with Gasteiger partial charge in [-0.1, -0.05) is 18.2 Å². The summed E-state index contributed by atoms with van der Waals surface area (Å²) in [5, 5.41) is 19.6. The van der Waals surface area contributed by atoms with Crippen LogP contribution in [-0.4, -0.2) is 41.9 Å². The number of carbonyl (C=O) groups excluding carboxylic acids is 1. The van der Waals surface area contributed by atoms with Crippen LogP contribution in [0.1, 0.15) is 11.4 Å². The molecule has 0 aliphatic heterocycles. The molecule has 148 valence electrons. The number of nitriles is 1. The van der Waals surface area contributed by atoms with E-state index in [4.69, 9.17) is 14.2 Å². The second-order valence-corrected chi connectivity index (χ2v) is 6.06. The zero-order valence-electron chi connectivity index (χ0n) is 15.9. The predicted octanol–water partition coefficient (Wildman–Crippen LogP) is 3.16. The minimum absolute atomic E-state index is 0.0276. The number of carbonyl (C=O) groups is 1. The minimum atomic E-state index is -0.564. The van der Waals surface area contributed by atoms with E-state index in [9.17, 15) is 15.2 Å². The third-order valence-corrected chi connectivity index (χ3v) is 4.19. The Morgan fingerprint density at radius 3 is 2.62 bits per heavy atom. The number of aliphatic hydroxyl groups is 1. The summed E-state index contributed by atoms with van der Waals surface area (Å²) < 4.78 is 15.5. The highest BCUT2D eigenvalue weighted by Crippen LogP contribution is 2.27. The van der Waals surface area contributed by atoms with E-state index in [0.29, 0.717) is 22.6 Å². The molecule has 0 fully saturated rings. The lowest BCUT2D eigenvalue weighted by atomic mass is 10.1. The lowest BCUT2D eigenvalue weighted by Crippen LogP contribution is -2.11. The van der Waals surface area contributed by atoms with Crippen LogP contribution in [0.15, 0.2) is 48.2 Å². The molecule has 0 atom stereocenters. The van der Waals surface area contributed by atoms with Gasteiger partial charge in [0.25, 0.3) is 0 Å². The van der Waals surface area contributed by atoms with Gasteiger partial charge in [0.1, 0.15) is 18.2 Å². The molecule has 2 aromatic carbocycles. The molecule has 1 heterocycles. The maximum absolute atomic E-state index is 12.1. The Morgan fingerprint density at radius 2 is 1.93 bits per heavy atom. The van der Waals surface area contributed by atoms with Crippen molar-refractivity contribution in [3.8, 4) is 17.6 Å². The molecular weight excluding hydrogens is 374 g/mol. The van der Waals surface area contributed by atoms with E-state index in [1.807, 2.05) is 18.2 Å². The molecular formula is C21H19N3O5. The summed E-state index contributed by atoms with van der Waals surface area (Å²) in [5.41, 5.74) is 1.97. The van der Waals surface area contributed by atoms with E-state index in [0.717, 1.165) is 5.52 Å². The Balaban J connectivity index is 1.69. The molecule has 0 unspecified atom stereocenters. The van der Waals surface area contributed by atoms with Crippen LogP contribution in [0.25, 0.3) is 16.6 Å². The summed E-state index contributed by atoms with van der Waals surface area (Å²) in [5.74, 6) is 0.312. The van der Waals surface area contributed by atoms with E-state index < -0.39 is 12.6 Å². The van der Waals surface area contributed by atoms with Crippen molar-refractivity contribution in [3.05, 3.63) is 59.6 Å². The number of hydrogen-bond donors (Lipinski definition) is 2. The molecule has 0 aliphatic rings. The first-order valence-electron chi connectivity index (χ1n) is 8.69. The molecule has 0 aliphatic carbocycles. The summed E-state index contributed by atoms with van der Waals surface area (Å²) in [6.07, 6.45) is -0.0276. The normalized spacial score (nSPS) is 11.5. The third-order valence-electron chi connectivity index (χ3n) is 4.19. The summed E-state index contributed by atoms with van der Waals surface area (Å²) in [6.45, 7) is -0.438. The van der Waals surface area contributed by atoms with Gasteiger partial charge in [-0.3, -0.25) is 4.79 Å². The minimum Gasteiger partial charge on any atom is -0.507 e. The van der Waals surface area contributed by atoms with E-state index in [1.54, 1.807) is 30.3 Å². The zero-order valence-corrected chi connectivity index (χ0v) is 15.9. The first-order valence-corrected chi connectivity index (χ1v) is 8.69. The first-order chi connectivity index (χ1) is 14.0. The van der Waals surface area contributed by atoms with Crippen LogP contribution in [-0.2, 0) is 16.0 Å². The van der Waals surface area contributed by atoms with Crippen molar-refractivity contribution in [1.29, 1.82) is 5.26 Å². The fourth-order valence-corrected chi connectivity index (χ4v) is 2.75. The van der Waals surface area contributed by atoms with Gasteiger partial charge in [0.15, 0.2) is 23.1 Å². The van der Waals surface area contributed by atoms with Crippen molar-refractivity contribution >= 4 is 22.6 Å². The molecule has 0 saturated heterocycles. The highest BCUT2D eigenvalue weighted by molar-refractivity contribution is 5.83. The topological polar surface area (TPSA) is 117 Å². The fraction of sp³-hybridized carbons (Fsp3) is 0.190. The molecule has 29 heavy (non-hydrogen) atoms. The molecule has 1 aromatic heterocycles. The van der Waals surface area contributed by atoms with Crippen molar-refractivity contribution < 1.29 is 24.1 Å². The van der Waals surface area contributed by atoms with Crippen molar-refractivity contribution in [2.45, 2.75) is 6.42 Å². The Labute approximate surface area is 167 Å². The number of benzene rings is 2. The Kier molecular flexibility index (Phi) is 6.00. The molecule has 8 heteroatoms. The Bertz CT molecular complexity index is 1080. The zero-order chi connectivity index (χ0) is 20.8. The average Bonchev–Trinajstić information content (AvgIpc) is 3.16. The van der Waals surface area contributed by atoms with E-state index in [1.165, 1.54) is 14.2 Å². The molecule has 0 spiro atoms. The number of rotatable bonds is 7. The van der Waals surface area contributed by atoms with Crippen LogP contribution in [0.4, 0.5) is 0 Å². The number of aromatic amines is 1. The van der Waals surface area contributed by atoms with Crippen molar-refractivity contribution in [2.24, 2.45) is 0 Å². The van der Waals surface area contributed by atoms with Gasteiger partial charge in [0.05, 0.1) is 31.7 Å². The molecule has 0 bridgehead atoms. The summed E-state index contributed by atoms with van der Waals surface area (Å²) in [4.78, 5) is 19.4. The summed E-state index contributed by atoms with van der Waals surface area (Å²) in [6, 6.07) is 14.2. The highest BCUT2D eigenvalue weighted by Gasteiger charge is 2.15. The number of aliphatic hydroxyl groups excluding tert-OH is 1.